The van der Waals surface area contributed by atoms with Crippen LogP contribution >= 0.6 is 23.5 Å². The van der Waals surface area contributed by atoms with Crippen LogP contribution in [-0.2, 0) is 6.54 Å². The highest BCUT2D eigenvalue weighted by Gasteiger charge is 2.19. The molecular weight excluding hydrogens is 246 g/mol. The average Bonchev–Trinajstić information content (AvgIpc) is 3.17. The van der Waals surface area contributed by atoms with Crippen LogP contribution in [0.3, 0.4) is 0 Å². The van der Waals surface area contributed by atoms with Gasteiger partial charge in [-0.2, -0.15) is 11.8 Å². The molecule has 1 aliphatic carbocycles. The molecule has 0 radical (unpaired) electrons. The molecule has 94 valence electrons. The summed E-state index contributed by atoms with van der Waals surface area (Å²) in [7, 11) is 0. The normalized spacial score (nSPS) is 15.1. The Morgan fingerprint density at radius 1 is 1.29 bits per heavy atom. The Morgan fingerprint density at radius 2 is 2.18 bits per heavy atom. The highest BCUT2D eigenvalue weighted by molar-refractivity contribution is 8.02. The minimum absolute atomic E-state index is 0.798. The topological polar surface area (TPSA) is 12.0 Å². The van der Waals surface area contributed by atoms with Crippen molar-refractivity contribution in [2.24, 2.45) is 0 Å². The van der Waals surface area contributed by atoms with Crippen molar-refractivity contribution in [3.8, 4) is 0 Å². The Kier molecular flexibility index (Phi) is 5.75. The van der Waals surface area contributed by atoms with E-state index < -0.39 is 0 Å². The number of benzene rings is 1. The SMILES string of the molecule is CCSCCSc1cccc(CNC2CC2)c1. The molecule has 0 atom stereocenters. The van der Waals surface area contributed by atoms with Crippen LogP contribution in [0.1, 0.15) is 25.3 Å². The summed E-state index contributed by atoms with van der Waals surface area (Å²) in [6.45, 7) is 3.25. The van der Waals surface area contributed by atoms with Gasteiger partial charge >= 0.3 is 0 Å². The number of thioether (sulfide) groups is 2. The third-order valence-electron chi connectivity index (χ3n) is 2.77. The van der Waals surface area contributed by atoms with Gasteiger partial charge in [0.15, 0.2) is 0 Å². The maximum absolute atomic E-state index is 3.56. The van der Waals surface area contributed by atoms with Gasteiger partial charge in [-0.1, -0.05) is 19.1 Å². The van der Waals surface area contributed by atoms with Crippen LogP contribution in [0.25, 0.3) is 0 Å². The summed E-state index contributed by atoms with van der Waals surface area (Å²) in [4.78, 5) is 1.41. The lowest BCUT2D eigenvalue weighted by Gasteiger charge is -2.06. The van der Waals surface area contributed by atoms with Crippen LogP contribution in [0.2, 0.25) is 0 Å². The van der Waals surface area contributed by atoms with Crippen molar-refractivity contribution >= 4 is 23.5 Å². The zero-order valence-corrected chi connectivity index (χ0v) is 12.1. The van der Waals surface area contributed by atoms with E-state index in [1.165, 1.54) is 40.6 Å². The van der Waals surface area contributed by atoms with E-state index in [0.717, 1.165) is 12.6 Å². The first-order valence-electron chi connectivity index (χ1n) is 6.41. The molecule has 1 nitrogen and oxygen atoms in total. The van der Waals surface area contributed by atoms with Gasteiger partial charge in [0.1, 0.15) is 0 Å². The molecule has 2 rings (SSSR count). The van der Waals surface area contributed by atoms with E-state index in [1.807, 2.05) is 23.5 Å². The van der Waals surface area contributed by atoms with Crippen molar-refractivity contribution < 1.29 is 0 Å². The van der Waals surface area contributed by atoms with Crippen molar-refractivity contribution in [3.63, 3.8) is 0 Å². The molecule has 17 heavy (non-hydrogen) atoms. The molecule has 0 aliphatic heterocycles. The third-order valence-corrected chi connectivity index (χ3v) is 4.93. The third kappa shape index (κ3) is 5.36. The van der Waals surface area contributed by atoms with Crippen molar-refractivity contribution in [2.75, 3.05) is 17.3 Å². The second-order valence-electron chi connectivity index (χ2n) is 4.35. The number of rotatable bonds is 8. The Morgan fingerprint density at radius 3 is 2.94 bits per heavy atom. The molecule has 1 N–H and O–H groups in total. The molecule has 0 heterocycles. The van der Waals surface area contributed by atoms with Crippen molar-refractivity contribution in [1.29, 1.82) is 0 Å². The van der Waals surface area contributed by atoms with Gasteiger partial charge < -0.3 is 5.32 Å². The molecule has 1 fully saturated rings. The Hall–Kier alpha value is -0.120. The summed E-state index contributed by atoms with van der Waals surface area (Å²) in [5.74, 6) is 3.70. The van der Waals surface area contributed by atoms with Crippen molar-refractivity contribution in [2.45, 2.75) is 37.2 Å². The molecule has 1 aromatic carbocycles. The van der Waals surface area contributed by atoms with Crippen LogP contribution in [0.4, 0.5) is 0 Å². The second-order valence-corrected chi connectivity index (χ2v) is 6.91. The lowest BCUT2D eigenvalue weighted by atomic mass is 10.2. The van der Waals surface area contributed by atoms with Crippen LogP contribution in [0.15, 0.2) is 29.2 Å². The predicted molar refractivity (Wildman–Crippen MR) is 80.0 cm³/mol. The van der Waals surface area contributed by atoms with Gasteiger partial charge in [0.25, 0.3) is 0 Å². The monoisotopic (exact) mass is 267 g/mol. The molecule has 0 unspecified atom stereocenters. The molecule has 3 heteroatoms. The minimum atomic E-state index is 0.798. The average molecular weight is 267 g/mol. The molecule has 0 saturated heterocycles. The fourth-order valence-electron chi connectivity index (χ4n) is 1.66. The summed E-state index contributed by atoms with van der Waals surface area (Å²) in [5, 5.41) is 3.56. The van der Waals surface area contributed by atoms with Crippen LogP contribution in [-0.4, -0.2) is 23.3 Å². The number of nitrogens with one attached hydrogen (secondary N) is 1. The van der Waals surface area contributed by atoms with Crippen LogP contribution in [0.5, 0.6) is 0 Å². The maximum atomic E-state index is 3.56. The summed E-state index contributed by atoms with van der Waals surface area (Å²) < 4.78 is 0. The van der Waals surface area contributed by atoms with Gasteiger partial charge in [0.05, 0.1) is 0 Å². The van der Waals surface area contributed by atoms with E-state index >= 15 is 0 Å². The van der Waals surface area contributed by atoms with Gasteiger partial charge in [-0.15, -0.1) is 11.8 Å². The second kappa shape index (κ2) is 7.34. The van der Waals surface area contributed by atoms with Crippen molar-refractivity contribution in [3.05, 3.63) is 29.8 Å². The summed E-state index contributed by atoms with van der Waals surface area (Å²) in [5.41, 5.74) is 1.42. The summed E-state index contributed by atoms with van der Waals surface area (Å²) >= 11 is 4.00. The fraction of sp³-hybridized carbons (Fsp3) is 0.571. The first kappa shape index (κ1) is 13.3. The maximum Gasteiger partial charge on any atom is 0.0208 e. The van der Waals surface area contributed by atoms with Crippen LogP contribution in [0, 0.1) is 0 Å². The van der Waals surface area contributed by atoms with Crippen LogP contribution < -0.4 is 5.32 Å². The number of hydrogen-bond donors (Lipinski definition) is 1. The Labute approximate surface area is 113 Å². The largest absolute Gasteiger partial charge is 0.310 e. The molecule has 1 saturated carbocycles. The molecule has 0 aromatic heterocycles. The summed E-state index contributed by atoms with van der Waals surface area (Å²) in [6, 6.07) is 9.75. The molecular formula is C14H21NS2. The number of hydrogen-bond acceptors (Lipinski definition) is 3. The van der Waals surface area contributed by atoms with E-state index in [0.29, 0.717) is 0 Å². The van der Waals surface area contributed by atoms with E-state index in [2.05, 4.69) is 36.5 Å². The summed E-state index contributed by atoms with van der Waals surface area (Å²) in [6.07, 6.45) is 2.73. The standard InChI is InChI=1S/C14H21NS2/c1-2-16-8-9-17-14-5-3-4-12(10-14)11-15-13-6-7-13/h3-5,10,13,15H,2,6-9,11H2,1H3. The Balaban J connectivity index is 1.74. The predicted octanol–water partition coefficient (Wildman–Crippen LogP) is 3.78. The molecule has 0 amide bonds. The van der Waals surface area contributed by atoms with Gasteiger partial charge in [0, 0.05) is 29.0 Å². The first-order chi connectivity index (χ1) is 8.38. The van der Waals surface area contributed by atoms with E-state index in [1.54, 1.807) is 0 Å². The Bertz CT molecular complexity index is 337. The first-order valence-corrected chi connectivity index (χ1v) is 8.55. The van der Waals surface area contributed by atoms with Gasteiger partial charge in [-0.3, -0.25) is 0 Å². The molecule has 0 spiro atoms. The van der Waals surface area contributed by atoms with E-state index in [9.17, 15) is 0 Å². The fourth-order valence-corrected chi connectivity index (χ4v) is 3.40. The van der Waals surface area contributed by atoms with E-state index in [4.69, 9.17) is 0 Å². The molecule has 1 aliphatic rings. The zero-order valence-electron chi connectivity index (χ0n) is 10.4. The van der Waals surface area contributed by atoms with E-state index in [-0.39, 0.29) is 0 Å². The van der Waals surface area contributed by atoms with Gasteiger partial charge in [0.2, 0.25) is 0 Å². The lowest BCUT2D eigenvalue weighted by Crippen LogP contribution is -2.15. The zero-order chi connectivity index (χ0) is 11.9. The smallest absolute Gasteiger partial charge is 0.0208 e. The van der Waals surface area contributed by atoms with Gasteiger partial charge in [-0.05, 0) is 36.3 Å². The highest BCUT2D eigenvalue weighted by atomic mass is 32.2. The molecule has 0 bridgehead atoms. The van der Waals surface area contributed by atoms with Gasteiger partial charge in [-0.25, -0.2) is 0 Å². The molecule has 1 aromatic rings. The quantitative estimate of drug-likeness (QED) is 0.568. The minimum Gasteiger partial charge on any atom is -0.310 e. The van der Waals surface area contributed by atoms with Crippen molar-refractivity contribution in [1.82, 2.24) is 5.32 Å². The lowest BCUT2D eigenvalue weighted by molar-refractivity contribution is 0.687. The highest BCUT2D eigenvalue weighted by Crippen LogP contribution is 2.22.